The smallest absolute Gasteiger partial charge is 0.265 e. The van der Waals surface area contributed by atoms with Gasteiger partial charge in [-0.3, -0.25) is 19.8 Å². The summed E-state index contributed by atoms with van der Waals surface area (Å²) in [4.78, 5) is 38.6. The molecular formula is C14H18N4O3. The molecule has 1 heterocycles. The monoisotopic (exact) mass is 290 g/mol. The summed E-state index contributed by atoms with van der Waals surface area (Å²) in [6, 6.07) is 6.87. The van der Waals surface area contributed by atoms with E-state index in [0.29, 0.717) is 17.7 Å². The van der Waals surface area contributed by atoms with Crippen molar-refractivity contribution in [3.8, 4) is 0 Å². The first-order valence-electron chi connectivity index (χ1n) is 6.71. The first-order valence-corrected chi connectivity index (χ1v) is 6.71. The lowest BCUT2D eigenvalue weighted by atomic mass is 10.1. The highest BCUT2D eigenvalue weighted by atomic mass is 16.2. The molecule has 0 aliphatic carbocycles. The predicted molar refractivity (Wildman–Crippen MR) is 75.8 cm³/mol. The van der Waals surface area contributed by atoms with E-state index in [-0.39, 0.29) is 31.4 Å². The Labute approximate surface area is 122 Å². The van der Waals surface area contributed by atoms with E-state index in [1.54, 1.807) is 24.3 Å². The summed E-state index contributed by atoms with van der Waals surface area (Å²) in [6.07, 6.45) is 0. The van der Waals surface area contributed by atoms with Crippen molar-refractivity contribution in [1.82, 2.24) is 15.2 Å². The summed E-state index contributed by atoms with van der Waals surface area (Å²) in [5.41, 5.74) is 3.14. The van der Waals surface area contributed by atoms with Gasteiger partial charge in [-0.2, -0.15) is 0 Å². The number of likely N-dealkylation sites (N-methyl/N-ethyl adjacent to an activating group) is 1. The maximum Gasteiger partial charge on any atom is 0.265 e. The van der Waals surface area contributed by atoms with E-state index in [1.807, 2.05) is 6.92 Å². The van der Waals surface area contributed by atoms with Crippen LogP contribution in [0.4, 0.5) is 0 Å². The Hall–Kier alpha value is -2.41. The molecular weight excluding hydrogens is 272 g/mol. The van der Waals surface area contributed by atoms with Gasteiger partial charge in [0.15, 0.2) is 0 Å². The van der Waals surface area contributed by atoms with E-state index >= 15 is 0 Å². The summed E-state index contributed by atoms with van der Waals surface area (Å²) < 4.78 is 0. The van der Waals surface area contributed by atoms with Crippen LogP contribution in [0.5, 0.6) is 0 Å². The number of rotatable bonds is 4. The van der Waals surface area contributed by atoms with Crippen LogP contribution in [0.2, 0.25) is 0 Å². The fourth-order valence-corrected chi connectivity index (χ4v) is 2.30. The van der Waals surface area contributed by atoms with Crippen molar-refractivity contribution in [1.29, 1.82) is 0 Å². The van der Waals surface area contributed by atoms with Crippen LogP contribution in [0.1, 0.15) is 22.8 Å². The molecule has 0 saturated carbocycles. The molecule has 0 bridgehead atoms. The van der Waals surface area contributed by atoms with Crippen LogP contribution in [0.3, 0.4) is 0 Å². The number of nitrogens with two attached hydrogens (primary N) is 1. The fraction of sp³-hybridized carbons (Fsp3) is 0.357. The normalized spacial score (nSPS) is 15.3. The Bertz CT molecular complexity index is 573. The Morgan fingerprint density at radius 1 is 1.19 bits per heavy atom. The van der Waals surface area contributed by atoms with E-state index in [2.05, 4.69) is 5.43 Å². The zero-order valence-corrected chi connectivity index (χ0v) is 11.8. The Balaban J connectivity index is 2.17. The average molecular weight is 290 g/mol. The predicted octanol–water partition coefficient (Wildman–Crippen LogP) is -0.519. The number of hydrazine groups is 1. The van der Waals surface area contributed by atoms with Crippen LogP contribution in [0.25, 0.3) is 0 Å². The number of nitrogen functional groups attached to an aromatic ring is 1. The molecule has 3 amide bonds. The third-order valence-electron chi connectivity index (χ3n) is 3.49. The molecule has 1 aromatic rings. The zero-order valence-electron chi connectivity index (χ0n) is 11.8. The van der Waals surface area contributed by atoms with Gasteiger partial charge >= 0.3 is 0 Å². The van der Waals surface area contributed by atoms with E-state index < -0.39 is 5.91 Å². The van der Waals surface area contributed by atoms with Gasteiger partial charge in [0.05, 0.1) is 6.54 Å². The van der Waals surface area contributed by atoms with E-state index in [9.17, 15) is 14.4 Å². The maximum atomic E-state index is 12.1. The van der Waals surface area contributed by atoms with Gasteiger partial charge in [-0.1, -0.05) is 18.2 Å². The van der Waals surface area contributed by atoms with Crippen molar-refractivity contribution in [3.05, 3.63) is 35.4 Å². The molecule has 1 aromatic carbocycles. The topological polar surface area (TPSA) is 95.7 Å². The lowest BCUT2D eigenvalue weighted by molar-refractivity contribution is -0.150. The van der Waals surface area contributed by atoms with Crippen LogP contribution in [-0.4, -0.2) is 47.2 Å². The Kier molecular flexibility index (Phi) is 4.54. The van der Waals surface area contributed by atoms with Crippen LogP contribution in [0.15, 0.2) is 24.3 Å². The standard InChI is InChI=1S/C14H18N4O3/c1-2-17-8-13(20)18(9-12(17)19)7-10-5-3-4-6-11(10)14(21)16-15/h3-6H,2,7-9,15H2,1H3,(H,16,21). The quantitative estimate of drug-likeness (QED) is 0.443. The number of benzene rings is 1. The molecule has 0 radical (unpaired) electrons. The first kappa shape index (κ1) is 15.0. The first-order chi connectivity index (χ1) is 10.1. The largest absolute Gasteiger partial charge is 0.332 e. The molecule has 1 aliphatic rings. The number of nitrogens with zero attached hydrogens (tertiary/aromatic N) is 2. The summed E-state index contributed by atoms with van der Waals surface area (Å²) >= 11 is 0. The molecule has 0 spiro atoms. The van der Waals surface area contributed by atoms with Crippen molar-refractivity contribution in [3.63, 3.8) is 0 Å². The third-order valence-corrected chi connectivity index (χ3v) is 3.49. The van der Waals surface area contributed by atoms with Gasteiger partial charge in [0, 0.05) is 18.7 Å². The van der Waals surface area contributed by atoms with Gasteiger partial charge in [0.2, 0.25) is 11.8 Å². The zero-order chi connectivity index (χ0) is 15.4. The van der Waals surface area contributed by atoms with Gasteiger partial charge in [0.1, 0.15) is 6.54 Å². The number of amides is 3. The van der Waals surface area contributed by atoms with Crippen LogP contribution < -0.4 is 11.3 Å². The molecule has 7 heteroatoms. The highest BCUT2D eigenvalue weighted by molar-refractivity contribution is 5.96. The number of carbonyl (C=O) groups excluding carboxylic acids is 3. The summed E-state index contributed by atoms with van der Waals surface area (Å²) in [5.74, 6) is 4.52. The summed E-state index contributed by atoms with van der Waals surface area (Å²) in [6.45, 7) is 2.68. The second-order valence-electron chi connectivity index (χ2n) is 4.79. The molecule has 1 fully saturated rings. The van der Waals surface area contributed by atoms with Gasteiger partial charge in [0.25, 0.3) is 5.91 Å². The number of piperazine rings is 1. The SMILES string of the molecule is CCN1CC(=O)N(Cc2ccccc2C(=O)NN)CC1=O. The van der Waals surface area contributed by atoms with Crippen molar-refractivity contribution >= 4 is 17.7 Å². The average Bonchev–Trinajstić information content (AvgIpc) is 2.50. The van der Waals surface area contributed by atoms with Crippen LogP contribution >= 0.6 is 0 Å². The van der Waals surface area contributed by atoms with E-state index in [1.165, 1.54) is 9.80 Å². The second-order valence-corrected chi connectivity index (χ2v) is 4.79. The Morgan fingerprint density at radius 2 is 1.81 bits per heavy atom. The number of hydrogen-bond acceptors (Lipinski definition) is 4. The molecule has 0 atom stereocenters. The molecule has 0 unspecified atom stereocenters. The van der Waals surface area contributed by atoms with Crippen molar-refractivity contribution in [2.24, 2.45) is 5.84 Å². The van der Waals surface area contributed by atoms with Crippen molar-refractivity contribution < 1.29 is 14.4 Å². The molecule has 112 valence electrons. The van der Waals surface area contributed by atoms with Gasteiger partial charge in [-0.15, -0.1) is 0 Å². The third kappa shape index (κ3) is 3.19. The van der Waals surface area contributed by atoms with Gasteiger partial charge < -0.3 is 9.80 Å². The summed E-state index contributed by atoms with van der Waals surface area (Å²) in [7, 11) is 0. The van der Waals surface area contributed by atoms with Gasteiger partial charge in [-0.25, -0.2) is 5.84 Å². The van der Waals surface area contributed by atoms with E-state index in [4.69, 9.17) is 5.84 Å². The van der Waals surface area contributed by atoms with Crippen molar-refractivity contribution in [2.75, 3.05) is 19.6 Å². The molecule has 0 aromatic heterocycles. The highest BCUT2D eigenvalue weighted by Gasteiger charge is 2.29. The number of hydrogen-bond donors (Lipinski definition) is 2. The van der Waals surface area contributed by atoms with E-state index in [0.717, 1.165) is 0 Å². The second kappa shape index (κ2) is 6.36. The number of carbonyl (C=O) groups is 3. The molecule has 2 rings (SSSR count). The number of nitrogens with one attached hydrogen (secondary N) is 1. The fourth-order valence-electron chi connectivity index (χ4n) is 2.30. The molecule has 1 saturated heterocycles. The minimum Gasteiger partial charge on any atom is -0.332 e. The van der Waals surface area contributed by atoms with Crippen molar-refractivity contribution in [2.45, 2.75) is 13.5 Å². The Morgan fingerprint density at radius 3 is 2.48 bits per heavy atom. The van der Waals surface area contributed by atoms with Crippen LogP contribution in [0, 0.1) is 0 Å². The summed E-state index contributed by atoms with van der Waals surface area (Å²) in [5, 5.41) is 0. The van der Waals surface area contributed by atoms with Crippen LogP contribution in [-0.2, 0) is 16.1 Å². The molecule has 1 aliphatic heterocycles. The molecule has 7 nitrogen and oxygen atoms in total. The van der Waals surface area contributed by atoms with Gasteiger partial charge in [-0.05, 0) is 18.6 Å². The lowest BCUT2D eigenvalue weighted by Crippen LogP contribution is -2.53. The lowest BCUT2D eigenvalue weighted by Gasteiger charge is -2.33. The minimum absolute atomic E-state index is 0.0330. The highest BCUT2D eigenvalue weighted by Crippen LogP contribution is 2.14. The maximum absolute atomic E-state index is 12.1. The minimum atomic E-state index is -0.420. The molecule has 21 heavy (non-hydrogen) atoms. The molecule has 3 N–H and O–H groups in total.